The van der Waals surface area contributed by atoms with Crippen molar-refractivity contribution in [3.63, 3.8) is 0 Å². The summed E-state index contributed by atoms with van der Waals surface area (Å²) in [5.74, 6) is 0.658. The Balaban J connectivity index is 1.70. The molecule has 3 aromatic rings. The van der Waals surface area contributed by atoms with Gasteiger partial charge in [0.15, 0.2) is 0 Å². The molecule has 0 saturated carbocycles. The fraction of sp³-hybridized carbons (Fsp3) is 0.100. The van der Waals surface area contributed by atoms with Crippen molar-refractivity contribution in [1.82, 2.24) is 14.7 Å². The number of anilines is 2. The molecule has 0 saturated heterocycles. The molecule has 0 radical (unpaired) electrons. The van der Waals surface area contributed by atoms with Gasteiger partial charge in [0, 0.05) is 18.3 Å². The number of hydrogen-bond donors (Lipinski definition) is 2. The van der Waals surface area contributed by atoms with E-state index in [4.69, 9.17) is 0 Å². The number of rotatable bonds is 7. The summed E-state index contributed by atoms with van der Waals surface area (Å²) in [6.45, 7) is 0.239. The van der Waals surface area contributed by atoms with Crippen molar-refractivity contribution in [3.05, 3.63) is 83.8 Å². The molecule has 3 rings (SSSR count). The molecule has 0 aliphatic heterocycles. The Kier molecular flexibility index (Phi) is 5.95. The largest absolute Gasteiger partial charge is 0.340 e. The minimum Gasteiger partial charge on any atom is -0.340 e. The van der Waals surface area contributed by atoms with E-state index in [9.17, 15) is 8.42 Å². The third-order valence-corrected chi connectivity index (χ3v) is 4.34. The zero-order valence-corrected chi connectivity index (χ0v) is 15.6. The SMILES string of the molecule is CS(=O)(=O)NCc1cccc(Nc2cc(C=Cc3ccccc3)ncn2)c1. The normalized spacial score (nSPS) is 11.6. The molecule has 138 valence electrons. The molecule has 1 heterocycles. The summed E-state index contributed by atoms with van der Waals surface area (Å²) in [5.41, 5.74) is 3.55. The van der Waals surface area contributed by atoms with Crippen molar-refractivity contribution in [1.29, 1.82) is 0 Å². The minimum atomic E-state index is -3.23. The van der Waals surface area contributed by atoms with Gasteiger partial charge >= 0.3 is 0 Å². The summed E-state index contributed by atoms with van der Waals surface area (Å²) in [4.78, 5) is 8.49. The molecule has 27 heavy (non-hydrogen) atoms. The fourth-order valence-corrected chi connectivity index (χ4v) is 2.83. The van der Waals surface area contributed by atoms with Gasteiger partial charge in [0.2, 0.25) is 10.0 Å². The molecular weight excluding hydrogens is 360 g/mol. The lowest BCUT2D eigenvalue weighted by Gasteiger charge is -2.08. The highest BCUT2D eigenvalue weighted by molar-refractivity contribution is 7.88. The molecule has 1 aromatic heterocycles. The fourth-order valence-electron chi connectivity index (χ4n) is 2.40. The summed E-state index contributed by atoms with van der Waals surface area (Å²) in [6, 6.07) is 19.3. The molecule has 7 heteroatoms. The van der Waals surface area contributed by atoms with Crippen LogP contribution in [-0.4, -0.2) is 24.6 Å². The second-order valence-electron chi connectivity index (χ2n) is 5.99. The van der Waals surface area contributed by atoms with Gasteiger partial charge < -0.3 is 5.32 Å². The molecule has 2 N–H and O–H groups in total. The highest BCUT2D eigenvalue weighted by atomic mass is 32.2. The summed E-state index contributed by atoms with van der Waals surface area (Å²) in [5, 5.41) is 3.22. The maximum atomic E-state index is 11.2. The van der Waals surface area contributed by atoms with Gasteiger partial charge in [-0.15, -0.1) is 0 Å². The zero-order chi connectivity index (χ0) is 19.1. The molecule has 0 spiro atoms. The van der Waals surface area contributed by atoms with Crippen LogP contribution in [0, 0.1) is 0 Å². The van der Waals surface area contributed by atoms with Crippen LogP contribution in [0.5, 0.6) is 0 Å². The second kappa shape index (κ2) is 8.57. The van der Waals surface area contributed by atoms with Crippen LogP contribution >= 0.6 is 0 Å². The first kappa shape index (κ1) is 18.8. The van der Waals surface area contributed by atoms with E-state index in [2.05, 4.69) is 20.0 Å². The predicted octanol–water partition coefficient (Wildman–Crippen LogP) is 3.44. The van der Waals surface area contributed by atoms with E-state index in [1.54, 1.807) is 0 Å². The first-order valence-electron chi connectivity index (χ1n) is 8.34. The zero-order valence-electron chi connectivity index (χ0n) is 14.8. The predicted molar refractivity (Wildman–Crippen MR) is 109 cm³/mol. The Morgan fingerprint density at radius 3 is 2.56 bits per heavy atom. The Bertz CT molecular complexity index is 1030. The van der Waals surface area contributed by atoms with Crippen molar-refractivity contribution in [2.24, 2.45) is 0 Å². The summed E-state index contributed by atoms with van der Waals surface area (Å²) >= 11 is 0. The number of nitrogens with zero attached hydrogens (tertiary/aromatic N) is 2. The van der Waals surface area contributed by atoms with Gasteiger partial charge in [0.1, 0.15) is 12.1 Å². The molecule has 0 amide bonds. The first-order valence-corrected chi connectivity index (χ1v) is 10.2. The van der Waals surface area contributed by atoms with Gasteiger partial charge in [0.05, 0.1) is 11.9 Å². The summed E-state index contributed by atoms with van der Waals surface area (Å²) in [7, 11) is -3.23. The Hall–Kier alpha value is -3.03. The van der Waals surface area contributed by atoms with Gasteiger partial charge in [-0.3, -0.25) is 0 Å². The average Bonchev–Trinajstić information content (AvgIpc) is 2.66. The van der Waals surface area contributed by atoms with Crippen LogP contribution in [0.4, 0.5) is 11.5 Å². The molecular formula is C20H20N4O2S. The summed E-state index contributed by atoms with van der Waals surface area (Å²) in [6.07, 6.45) is 6.56. The topological polar surface area (TPSA) is 84.0 Å². The smallest absolute Gasteiger partial charge is 0.209 e. The number of nitrogens with one attached hydrogen (secondary N) is 2. The number of sulfonamides is 1. The second-order valence-corrected chi connectivity index (χ2v) is 7.82. The van der Waals surface area contributed by atoms with Gasteiger partial charge in [-0.25, -0.2) is 23.1 Å². The van der Waals surface area contributed by atoms with Crippen molar-refractivity contribution in [2.75, 3.05) is 11.6 Å². The Morgan fingerprint density at radius 2 is 1.78 bits per heavy atom. The number of hydrogen-bond acceptors (Lipinski definition) is 5. The van der Waals surface area contributed by atoms with Crippen LogP contribution in [0.25, 0.3) is 12.2 Å². The Labute approximate surface area is 159 Å². The standard InChI is InChI=1S/C20H20N4O2S/c1-27(25,26)23-14-17-8-5-9-19(12-17)24-20-13-18(21-15-22-20)11-10-16-6-3-2-4-7-16/h2-13,15,23H,14H2,1H3,(H,21,22,24). The maximum Gasteiger partial charge on any atom is 0.209 e. The van der Waals surface area contributed by atoms with E-state index in [-0.39, 0.29) is 6.54 Å². The van der Waals surface area contributed by atoms with Crippen molar-refractivity contribution in [2.45, 2.75) is 6.54 Å². The molecule has 0 atom stereocenters. The van der Waals surface area contributed by atoms with Crippen LogP contribution in [-0.2, 0) is 16.6 Å². The number of aromatic nitrogens is 2. The Morgan fingerprint density at radius 1 is 0.963 bits per heavy atom. The van der Waals surface area contributed by atoms with E-state index in [0.717, 1.165) is 28.8 Å². The molecule has 0 aliphatic carbocycles. The van der Waals surface area contributed by atoms with E-state index in [1.807, 2.05) is 72.8 Å². The molecule has 0 fully saturated rings. The quantitative estimate of drug-likeness (QED) is 0.656. The van der Waals surface area contributed by atoms with E-state index in [1.165, 1.54) is 6.33 Å². The highest BCUT2D eigenvalue weighted by Gasteiger charge is 2.03. The lowest BCUT2D eigenvalue weighted by Crippen LogP contribution is -2.21. The van der Waals surface area contributed by atoms with Gasteiger partial charge in [-0.05, 0) is 29.3 Å². The molecule has 6 nitrogen and oxygen atoms in total. The van der Waals surface area contributed by atoms with Crippen LogP contribution in [0.15, 0.2) is 67.0 Å². The third kappa shape index (κ3) is 6.32. The van der Waals surface area contributed by atoms with E-state index in [0.29, 0.717) is 5.82 Å². The molecule has 0 aliphatic rings. The molecule has 2 aromatic carbocycles. The van der Waals surface area contributed by atoms with Crippen molar-refractivity contribution < 1.29 is 8.42 Å². The lowest BCUT2D eigenvalue weighted by atomic mass is 10.2. The molecule has 0 unspecified atom stereocenters. The van der Waals surface area contributed by atoms with E-state index >= 15 is 0 Å². The molecule has 0 bridgehead atoms. The minimum absolute atomic E-state index is 0.239. The maximum absolute atomic E-state index is 11.2. The van der Waals surface area contributed by atoms with Gasteiger partial charge in [-0.1, -0.05) is 48.5 Å². The van der Waals surface area contributed by atoms with Crippen LogP contribution in [0.2, 0.25) is 0 Å². The number of benzene rings is 2. The highest BCUT2D eigenvalue weighted by Crippen LogP contribution is 2.17. The lowest BCUT2D eigenvalue weighted by molar-refractivity contribution is 0.587. The third-order valence-electron chi connectivity index (χ3n) is 3.67. The van der Waals surface area contributed by atoms with Crippen LogP contribution in [0.1, 0.15) is 16.8 Å². The first-order chi connectivity index (χ1) is 13.0. The van der Waals surface area contributed by atoms with Crippen molar-refractivity contribution >= 4 is 33.7 Å². The summed E-state index contributed by atoms with van der Waals surface area (Å²) < 4.78 is 24.9. The van der Waals surface area contributed by atoms with Crippen molar-refractivity contribution in [3.8, 4) is 0 Å². The van der Waals surface area contributed by atoms with Gasteiger partial charge in [-0.2, -0.15) is 0 Å². The van der Waals surface area contributed by atoms with Crippen LogP contribution < -0.4 is 10.0 Å². The van der Waals surface area contributed by atoms with E-state index < -0.39 is 10.0 Å². The van der Waals surface area contributed by atoms with Crippen LogP contribution in [0.3, 0.4) is 0 Å². The monoisotopic (exact) mass is 380 g/mol. The van der Waals surface area contributed by atoms with Gasteiger partial charge in [0.25, 0.3) is 0 Å². The average molecular weight is 380 g/mol.